The van der Waals surface area contributed by atoms with Gasteiger partial charge in [-0.15, -0.1) is 0 Å². The van der Waals surface area contributed by atoms with Gasteiger partial charge >= 0.3 is 6.55 Å². The molecule has 0 unspecified atom stereocenters. The summed E-state index contributed by atoms with van der Waals surface area (Å²) in [5, 5.41) is 7.00. The van der Waals surface area contributed by atoms with Crippen LogP contribution in [0.4, 0.5) is 14.5 Å². The van der Waals surface area contributed by atoms with Crippen LogP contribution in [0.5, 0.6) is 0 Å². The van der Waals surface area contributed by atoms with Gasteiger partial charge in [0.1, 0.15) is 0 Å². The summed E-state index contributed by atoms with van der Waals surface area (Å²) >= 11 is 3.24. The smallest absolute Gasteiger partial charge is 0.325 e. The van der Waals surface area contributed by atoms with Crippen molar-refractivity contribution < 1.29 is 13.6 Å². The molecule has 1 aromatic heterocycles. The minimum atomic E-state index is -2.67. The topological polar surface area (TPSA) is 46.9 Å². The van der Waals surface area contributed by atoms with Crippen LogP contribution in [0.2, 0.25) is 0 Å². The van der Waals surface area contributed by atoms with Gasteiger partial charge in [0.25, 0.3) is 0 Å². The summed E-state index contributed by atoms with van der Waals surface area (Å²) in [5.41, 5.74) is 1.02. The zero-order chi connectivity index (χ0) is 14.0. The van der Waals surface area contributed by atoms with E-state index in [4.69, 9.17) is 0 Å². The molecule has 0 aliphatic heterocycles. The SMILES string of the molecule is CC[C@@H](Br)C(=O)Nc1ccc2nn(C(F)F)cc2c1. The van der Waals surface area contributed by atoms with E-state index in [1.165, 1.54) is 6.20 Å². The van der Waals surface area contributed by atoms with E-state index >= 15 is 0 Å². The second kappa shape index (κ2) is 5.64. The summed E-state index contributed by atoms with van der Waals surface area (Å²) in [6, 6.07) is 4.85. The van der Waals surface area contributed by atoms with Crippen LogP contribution < -0.4 is 5.32 Å². The average molecular weight is 332 g/mol. The molecule has 0 radical (unpaired) electrons. The third-order valence-electron chi connectivity index (χ3n) is 2.63. The molecule has 0 spiro atoms. The number of benzene rings is 1. The molecule has 1 heterocycles. The summed E-state index contributed by atoms with van der Waals surface area (Å²) in [4.78, 5) is 11.4. The van der Waals surface area contributed by atoms with Crippen LogP contribution in [0.15, 0.2) is 24.4 Å². The summed E-state index contributed by atoms with van der Waals surface area (Å²) < 4.78 is 25.6. The number of nitrogens with zero attached hydrogens (tertiary/aromatic N) is 2. The van der Waals surface area contributed by atoms with E-state index in [9.17, 15) is 13.6 Å². The molecule has 0 aliphatic rings. The van der Waals surface area contributed by atoms with Crippen molar-refractivity contribution in [3.05, 3.63) is 24.4 Å². The van der Waals surface area contributed by atoms with Crippen LogP contribution in [0.25, 0.3) is 10.9 Å². The number of anilines is 1. The molecule has 0 saturated carbocycles. The lowest BCUT2D eigenvalue weighted by Crippen LogP contribution is -2.21. The number of fused-ring (bicyclic) bond motifs is 1. The Morgan fingerprint density at radius 2 is 2.26 bits per heavy atom. The monoisotopic (exact) mass is 331 g/mol. The fraction of sp³-hybridized carbons (Fsp3) is 0.333. The summed E-state index contributed by atoms with van der Waals surface area (Å²) in [5.74, 6) is -0.164. The van der Waals surface area contributed by atoms with E-state index in [1.807, 2.05) is 6.92 Å². The van der Waals surface area contributed by atoms with Gasteiger partial charge in [0.05, 0.1) is 10.3 Å². The van der Waals surface area contributed by atoms with Gasteiger partial charge < -0.3 is 5.32 Å². The van der Waals surface area contributed by atoms with Crippen LogP contribution in [-0.4, -0.2) is 20.5 Å². The Morgan fingerprint density at radius 1 is 1.53 bits per heavy atom. The van der Waals surface area contributed by atoms with E-state index < -0.39 is 6.55 Å². The van der Waals surface area contributed by atoms with E-state index in [-0.39, 0.29) is 10.7 Å². The number of carbonyl (C=O) groups excluding carboxylic acids is 1. The minimum absolute atomic E-state index is 0.164. The molecule has 1 amide bonds. The van der Waals surface area contributed by atoms with Gasteiger partial charge in [-0.25, -0.2) is 4.68 Å². The van der Waals surface area contributed by atoms with E-state index in [1.54, 1.807) is 18.2 Å². The molecule has 4 nitrogen and oxygen atoms in total. The standard InChI is InChI=1S/C12H12BrF2N3O/c1-2-9(13)11(19)16-8-3-4-10-7(5-8)6-18(17-10)12(14)15/h3-6,9,12H,2H2,1H3,(H,16,19)/t9-/m1/s1. The maximum atomic E-state index is 12.5. The highest BCUT2D eigenvalue weighted by atomic mass is 79.9. The molecule has 0 saturated heterocycles. The van der Waals surface area contributed by atoms with E-state index in [0.717, 1.165) is 0 Å². The summed E-state index contributed by atoms with van der Waals surface area (Å²) in [6.07, 6.45) is 1.92. The Labute approximate surface area is 116 Å². The fourth-order valence-corrected chi connectivity index (χ4v) is 1.74. The number of halogens is 3. The first kappa shape index (κ1) is 13.9. The molecule has 2 rings (SSSR count). The van der Waals surface area contributed by atoms with Crippen molar-refractivity contribution in [2.45, 2.75) is 24.7 Å². The predicted octanol–water partition coefficient (Wildman–Crippen LogP) is 3.54. The number of carbonyl (C=O) groups is 1. The second-order valence-electron chi connectivity index (χ2n) is 4.03. The van der Waals surface area contributed by atoms with Crippen molar-refractivity contribution >= 4 is 38.4 Å². The van der Waals surface area contributed by atoms with E-state index in [2.05, 4.69) is 26.3 Å². The molecule has 1 aromatic carbocycles. The summed E-state index contributed by atoms with van der Waals surface area (Å²) in [6.45, 7) is -0.785. The van der Waals surface area contributed by atoms with Gasteiger partial charge in [-0.1, -0.05) is 22.9 Å². The first-order chi connectivity index (χ1) is 9.01. The van der Waals surface area contributed by atoms with Crippen molar-refractivity contribution in [1.29, 1.82) is 0 Å². The zero-order valence-electron chi connectivity index (χ0n) is 10.1. The van der Waals surface area contributed by atoms with Gasteiger partial charge in [0, 0.05) is 17.3 Å². The first-order valence-electron chi connectivity index (χ1n) is 5.73. The van der Waals surface area contributed by atoms with Crippen LogP contribution in [0, 0.1) is 0 Å². The van der Waals surface area contributed by atoms with Gasteiger partial charge in [0.15, 0.2) is 0 Å². The minimum Gasteiger partial charge on any atom is -0.325 e. The highest BCUT2D eigenvalue weighted by Crippen LogP contribution is 2.21. The summed E-state index contributed by atoms with van der Waals surface area (Å²) in [7, 11) is 0. The van der Waals surface area contributed by atoms with Gasteiger partial charge in [0.2, 0.25) is 5.91 Å². The second-order valence-corrected chi connectivity index (χ2v) is 5.13. The molecule has 2 aromatic rings. The molecule has 102 valence electrons. The molecular weight excluding hydrogens is 320 g/mol. The average Bonchev–Trinajstić information content (AvgIpc) is 2.81. The van der Waals surface area contributed by atoms with Crippen LogP contribution in [-0.2, 0) is 4.79 Å². The number of hydrogen-bond acceptors (Lipinski definition) is 2. The van der Waals surface area contributed by atoms with Crippen LogP contribution in [0.3, 0.4) is 0 Å². The molecule has 19 heavy (non-hydrogen) atoms. The van der Waals surface area contributed by atoms with Crippen molar-refractivity contribution in [3.63, 3.8) is 0 Å². The highest BCUT2D eigenvalue weighted by molar-refractivity contribution is 9.10. The molecule has 0 fully saturated rings. The Balaban J connectivity index is 2.24. The quantitative estimate of drug-likeness (QED) is 0.871. The molecule has 0 bridgehead atoms. The normalized spacial score (nSPS) is 12.9. The van der Waals surface area contributed by atoms with Crippen molar-refractivity contribution in [3.8, 4) is 0 Å². The lowest BCUT2D eigenvalue weighted by atomic mass is 10.2. The van der Waals surface area contributed by atoms with Crippen LogP contribution >= 0.6 is 15.9 Å². The van der Waals surface area contributed by atoms with Crippen molar-refractivity contribution in [2.75, 3.05) is 5.32 Å². The zero-order valence-corrected chi connectivity index (χ0v) is 11.7. The lowest BCUT2D eigenvalue weighted by Gasteiger charge is -2.08. The molecular formula is C12H12BrF2N3O. The number of amides is 1. The molecule has 1 N–H and O–H groups in total. The Bertz CT molecular complexity index is 600. The largest absolute Gasteiger partial charge is 0.333 e. The highest BCUT2D eigenvalue weighted by Gasteiger charge is 2.13. The Kier molecular flexibility index (Phi) is 4.14. The predicted molar refractivity (Wildman–Crippen MR) is 72.6 cm³/mol. The van der Waals surface area contributed by atoms with Gasteiger partial charge in [-0.05, 0) is 24.6 Å². The maximum absolute atomic E-state index is 12.5. The number of nitrogens with one attached hydrogen (secondary N) is 1. The first-order valence-corrected chi connectivity index (χ1v) is 6.65. The number of hydrogen-bond donors (Lipinski definition) is 1. The number of rotatable bonds is 4. The van der Waals surface area contributed by atoms with Crippen LogP contribution in [0.1, 0.15) is 19.9 Å². The Hall–Kier alpha value is -1.50. The van der Waals surface area contributed by atoms with E-state index in [0.29, 0.717) is 27.7 Å². The fourth-order valence-electron chi connectivity index (χ4n) is 1.63. The van der Waals surface area contributed by atoms with Gasteiger partial charge in [-0.2, -0.15) is 13.9 Å². The van der Waals surface area contributed by atoms with Crippen molar-refractivity contribution in [2.24, 2.45) is 0 Å². The van der Waals surface area contributed by atoms with Gasteiger partial charge in [-0.3, -0.25) is 4.79 Å². The molecule has 1 atom stereocenters. The number of alkyl halides is 3. The third-order valence-corrected chi connectivity index (χ3v) is 3.70. The lowest BCUT2D eigenvalue weighted by molar-refractivity contribution is -0.115. The third kappa shape index (κ3) is 3.09. The molecule has 7 heteroatoms. The van der Waals surface area contributed by atoms with Crippen molar-refractivity contribution in [1.82, 2.24) is 9.78 Å². The maximum Gasteiger partial charge on any atom is 0.333 e. The Morgan fingerprint density at radius 3 is 2.89 bits per heavy atom. The molecule has 0 aliphatic carbocycles. The number of aromatic nitrogens is 2.